The van der Waals surface area contributed by atoms with Crippen molar-refractivity contribution in [3.05, 3.63) is 42.5 Å². The van der Waals surface area contributed by atoms with Gasteiger partial charge in [0, 0.05) is 52.4 Å². The molecule has 0 rings (SSSR count). The molecule has 0 saturated heterocycles. The van der Waals surface area contributed by atoms with E-state index in [0.717, 1.165) is 26.2 Å². The maximum absolute atomic E-state index is 3.74. The van der Waals surface area contributed by atoms with E-state index in [9.17, 15) is 0 Å². The fourth-order valence-corrected chi connectivity index (χ4v) is 0. The molecule has 0 N–H and O–H groups in total. The molecule has 0 heterocycles. The Bertz CT molecular complexity index is 88.8. The van der Waals surface area contributed by atoms with Crippen molar-refractivity contribution in [2.45, 2.75) is 27.7 Å². The summed E-state index contributed by atoms with van der Waals surface area (Å²) in [4.78, 5) is 0. The Morgan fingerprint density at radius 2 is 0.333 bits per heavy atom. The molecular formula is C20H56N8Zr2-8. The smallest absolute Gasteiger partial charge is 0 e. The first-order chi connectivity index (χ1) is 13.3. The van der Waals surface area contributed by atoms with Gasteiger partial charge < -0.3 is 42.5 Å². The van der Waals surface area contributed by atoms with Crippen molar-refractivity contribution in [2.24, 2.45) is 0 Å². The third kappa shape index (κ3) is 803. The molecule has 0 bridgehead atoms. The zero-order chi connectivity index (χ0) is 24.5. The molecule has 0 spiro atoms. The molecule has 0 aliphatic rings. The molecular weight excluding hydrogens is 535 g/mol. The first kappa shape index (κ1) is 63.4. The monoisotopic (exact) mass is 588 g/mol. The van der Waals surface area contributed by atoms with E-state index in [-0.39, 0.29) is 52.4 Å². The van der Waals surface area contributed by atoms with Crippen molar-refractivity contribution >= 4 is 0 Å². The number of nitrogens with zero attached hydrogens (tertiary/aromatic N) is 8. The average Bonchev–Trinajstić information content (AvgIpc) is 2.70. The van der Waals surface area contributed by atoms with Crippen molar-refractivity contribution in [1.29, 1.82) is 0 Å². The Morgan fingerprint density at radius 1 is 0.300 bits per heavy atom. The minimum absolute atomic E-state index is 0. The van der Waals surface area contributed by atoms with Crippen LogP contribution in [0.4, 0.5) is 0 Å². The standard InChI is InChI=1S/4C3H8N.4C2H6N.2Zr/c4*1-3-4-2;4*1-3-2;;/h4*3H2,1-2H3;4*1-2H3;;/q8*-1;;. The van der Waals surface area contributed by atoms with E-state index in [1.165, 1.54) is 0 Å². The van der Waals surface area contributed by atoms with Crippen LogP contribution in [0.15, 0.2) is 0 Å². The number of hydrogen-bond donors (Lipinski definition) is 0. The van der Waals surface area contributed by atoms with E-state index in [4.69, 9.17) is 0 Å². The van der Waals surface area contributed by atoms with Gasteiger partial charge >= 0.3 is 0 Å². The Balaban J connectivity index is -0.0000000189. The molecule has 0 aliphatic heterocycles. The average molecular weight is 591 g/mol. The number of rotatable bonds is 4. The maximum Gasteiger partial charge on any atom is 0 e. The molecule has 0 atom stereocenters. The molecule has 0 aromatic carbocycles. The van der Waals surface area contributed by atoms with Crippen LogP contribution in [0.5, 0.6) is 0 Å². The summed E-state index contributed by atoms with van der Waals surface area (Å²) in [6.45, 7) is 11.8. The van der Waals surface area contributed by atoms with E-state index in [2.05, 4.69) is 42.5 Å². The van der Waals surface area contributed by atoms with Crippen LogP contribution in [0.25, 0.3) is 42.5 Å². The summed E-state index contributed by atoms with van der Waals surface area (Å²) in [7, 11) is 21.2. The van der Waals surface area contributed by atoms with Gasteiger partial charge in [-0.2, -0.15) is 111 Å². The van der Waals surface area contributed by atoms with Crippen LogP contribution in [0.2, 0.25) is 0 Å². The predicted molar refractivity (Wildman–Crippen MR) is 140 cm³/mol. The maximum atomic E-state index is 3.74. The summed E-state index contributed by atoms with van der Waals surface area (Å²) < 4.78 is 0. The molecule has 0 aromatic rings. The van der Waals surface area contributed by atoms with Gasteiger partial charge in [0.25, 0.3) is 0 Å². The van der Waals surface area contributed by atoms with Crippen LogP contribution in [0.3, 0.4) is 0 Å². The molecule has 0 unspecified atom stereocenters. The normalized spacial score (nSPS) is 6.40. The van der Waals surface area contributed by atoms with Gasteiger partial charge in [0.2, 0.25) is 0 Å². The Labute approximate surface area is 232 Å². The SMILES string of the molecule is CC[N-]C.CC[N-]C.CC[N-]C.CC[N-]C.C[N-]C.C[N-]C.C[N-]C.C[N-]C.[Zr].[Zr]. The van der Waals surface area contributed by atoms with Crippen molar-refractivity contribution in [3.8, 4) is 0 Å². The molecule has 8 nitrogen and oxygen atoms in total. The van der Waals surface area contributed by atoms with Gasteiger partial charge in [0.15, 0.2) is 0 Å². The summed E-state index contributed by atoms with van der Waals surface area (Å²) in [5.41, 5.74) is 0. The molecule has 10 heteroatoms. The fraction of sp³-hybridized carbons (Fsp3) is 1.00. The summed E-state index contributed by atoms with van der Waals surface area (Å²) >= 11 is 0. The van der Waals surface area contributed by atoms with Gasteiger partial charge in [-0.15, -0.1) is 0 Å². The van der Waals surface area contributed by atoms with E-state index in [0.29, 0.717) is 0 Å². The minimum atomic E-state index is 0. The van der Waals surface area contributed by atoms with Crippen LogP contribution < -0.4 is 0 Å². The topological polar surface area (TPSA) is 113 Å². The summed E-state index contributed by atoms with van der Waals surface area (Å²) in [6, 6.07) is 0. The largest absolute Gasteiger partial charge is 0.668 e. The molecule has 0 aromatic heterocycles. The van der Waals surface area contributed by atoms with Crippen LogP contribution in [0, 0.1) is 0 Å². The van der Waals surface area contributed by atoms with Crippen LogP contribution in [-0.2, 0) is 52.4 Å². The predicted octanol–water partition coefficient (Wildman–Crippen LogP) is 6.51. The quantitative estimate of drug-likeness (QED) is 0.355. The molecule has 0 fully saturated rings. The molecule has 0 amide bonds. The van der Waals surface area contributed by atoms with Gasteiger partial charge in [-0.3, -0.25) is 0 Å². The van der Waals surface area contributed by atoms with Gasteiger partial charge in [0.05, 0.1) is 0 Å². The van der Waals surface area contributed by atoms with Crippen LogP contribution >= 0.6 is 0 Å². The molecule has 0 aliphatic carbocycles. The van der Waals surface area contributed by atoms with Gasteiger partial charge in [-0.05, 0) is 0 Å². The van der Waals surface area contributed by atoms with Crippen molar-refractivity contribution in [2.75, 3.05) is 111 Å². The zero-order valence-electron chi connectivity index (χ0n) is 23.4. The minimum Gasteiger partial charge on any atom is -0.668 e. The van der Waals surface area contributed by atoms with E-state index in [1.54, 1.807) is 84.6 Å². The second-order valence-corrected chi connectivity index (χ2v) is 4.32. The Hall–Kier alpha value is 1.45. The van der Waals surface area contributed by atoms with Crippen molar-refractivity contribution in [3.63, 3.8) is 0 Å². The number of hydrogen-bond acceptors (Lipinski definition) is 0. The second kappa shape index (κ2) is 146. The van der Waals surface area contributed by atoms with E-state index >= 15 is 0 Å². The summed E-state index contributed by atoms with van der Waals surface area (Å²) in [6.07, 6.45) is 0. The summed E-state index contributed by atoms with van der Waals surface area (Å²) in [5, 5.41) is 28.9. The molecule has 192 valence electrons. The molecule has 0 saturated carbocycles. The first-order valence-corrected chi connectivity index (χ1v) is 9.46. The van der Waals surface area contributed by atoms with Gasteiger partial charge in [0.1, 0.15) is 0 Å². The molecule has 30 heavy (non-hydrogen) atoms. The third-order valence-corrected chi connectivity index (χ3v) is 1.26. The van der Waals surface area contributed by atoms with Crippen LogP contribution in [0.1, 0.15) is 27.7 Å². The van der Waals surface area contributed by atoms with Crippen molar-refractivity contribution in [1.82, 2.24) is 0 Å². The van der Waals surface area contributed by atoms with E-state index < -0.39 is 0 Å². The van der Waals surface area contributed by atoms with Gasteiger partial charge in [-0.25, -0.2) is 0 Å². The van der Waals surface area contributed by atoms with E-state index in [1.807, 2.05) is 27.7 Å². The third-order valence-electron chi connectivity index (χ3n) is 1.26. The Kier molecular flexibility index (Phi) is 308. The zero-order valence-corrected chi connectivity index (χ0v) is 28.3. The van der Waals surface area contributed by atoms with Crippen molar-refractivity contribution < 1.29 is 52.4 Å². The molecule has 0 radical (unpaired) electrons. The Morgan fingerprint density at radius 3 is 0.333 bits per heavy atom. The summed E-state index contributed by atoms with van der Waals surface area (Å²) in [5.74, 6) is 0. The second-order valence-electron chi connectivity index (χ2n) is 4.32. The first-order valence-electron chi connectivity index (χ1n) is 9.46. The fourth-order valence-electron chi connectivity index (χ4n) is 0. The van der Waals surface area contributed by atoms with Gasteiger partial charge in [-0.1, -0.05) is 27.7 Å². The van der Waals surface area contributed by atoms with Crippen LogP contribution in [-0.4, -0.2) is 111 Å².